The maximum Gasteiger partial charge on any atom is 0.194 e. The summed E-state index contributed by atoms with van der Waals surface area (Å²) in [4.78, 5) is 0. The Morgan fingerprint density at radius 3 is 2.42 bits per heavy atom. The first kappa shape index (κ1) is 22.0. The SMILES string of the molecule is CCCCCCC1CCC2c3ccc(C#Cc4cc(F)c(F)c(F)c4)cc3CCC2C1. The number of rotatable bonds is 5. The average molecular weight is 425 g/mol. The Bertz CT molecular complexity index is 958. The molecule has 3 heteroatoms. The van der Waals surface area contributed by atoms with Gasteiger partial charge in [-0.2, -0.15) is 0 Å². The molecule has 0 saturated heterocycles. The van der Waals surface area contributed by atoms with E-state index < -0.39 is 17.5 Å². The average Bonchev–Trinajstić information content (AvgIpc) is 2.78. The van der Waals surface area contributed by atoms with Crippen molar-refractivity contribution in [3.63, 3.8) is 0 Å². The van der Waals surface area contributed by atoms with Gasteiger partial charge in [-0.25, -0.2) is 13.2 Å². The van der Waals surface area contributed by atoms with Crippen molar-refractivity contribution in [1.29, 1.82) is 0 Å². The van der Waals surface area contributed by atoms with E-state index in [9.17, 15) is 13.2 Å². The van der Waals surface area contributed by atoms with Crippen LogP contribution in [0, 0.1) is 41.1 Å². The zero-order valence-corrected chi connectivity index (χ0v) is 18.3. The summed E-state index contributed by atoms with van der Waals surface area (Å²) in [5.41, 5.74) is 3.83. The summed E-state index contributed by atoms with van der Waals surface area (Å²) in [7, 11) is 0. The lowest BCUT2D eigenvalue weighted by atomic mass is 9.64. The molecule has 4 rings (SSSR count). The second kappa shape index (κ2) is 9.94. The van der Waals surface area contributed by atoms with E-state index in [2.05, 4.69) is 30.9 Å². The summed E-state index contributed by atoms with van der Waals surface area (Å²) < 4.78 is 39.9. The molecular weight excluding hydrogens is 393 g/mol. The van der Waals surface area contributed by atoms with Gasteiger partial charge in [0.1, 0.15) is 0 Å². The van der Waals surface area contributed by atoms with Crippen molar-refractivity contribution >= 4 is 0 Å². The molecule has 3 unspecified atom stereocenters. The molecule has 0 bridgehead atoms. The molecule has 0 heterocycles. The highest BCUT2D eigenvalue weighted by atomic mass is 19.2. The van der Waals surface area contributed by atoms with Crippen LogP contribution in [0.1, 0.15) is 92.9 Å². The number of hydrogen-bond donors (Lipinski definition) is 0. The van der Waals surface area contributed by atoms with Crippen molar-refractivity contribution in [3.05, 3.63) is 70.0 Å². The van der Waals surface area contributed by atoms with Crippen LogP contribution in [0.25, 0.3) is 0 Å². The topological polar surface area (TPSA) is 0 Å². The van der Waals surface area contributed by atoms with Crippen molar-refractivity contribution < 1.29 is 13.2 Å². The second-order valence-electron chi connectivity index (χ2n) is 9.35. The van der Waals surface area contributed by atoms with Crippen LogP contribution in [0.5, 0.6) is 0 Å². The van der Waals surface area contributed by atoms with Crippen molar-refractivity contribution in [2.75, 3.05) is 0 Å². The lowest BCUT2D eigenvalue weighted by Gasteiger charge is -2.40. The predicted octanol–water partition coefficient (Wildman–Crippen LogP) is 7.92. The largest absolute Gasteiger partial charge is 0.204 e. The number of fused-ring (bicyclic) bond motifs is 3. The molecule has 2 aliphatic rings. The Morgan fingerprint density at radius 1 is 0.871 bits per heavy atom. The van der Waals surface area contributed by atoms with Gasteiger partial charge >= 0.3 is 0 Å². The molecular formula is C28H31F3. The third-order valence-corrected chi connectivity index (χ3v) is 7.22. The lowest BCUT2D eigenvalue weighted by molar-refractivity contribution is 0.199. The predicted molar refractivity (Wildman–Crippen MR) is 119 cm³/mol. The number of aryl methyl sites for hydroxylation is 1. The van der Waals surface area contributed by atoms with Gasteiger partial charge < -0.3 is 0 Å². The van der Waals surface area contributed by atoms with Crippen LogP contribution in [0.15, 0.2) is 30.3 Å². The Hall–Kier alpha value is -2.21. The fourth-order valence-corrected chi connectivity index (χ4v) is 5.59. The third-order valence-electron chi connectivity index (χ3n) is 7.22. The highest BCUT2D eigenvalue weighted by Crippen LogP contribution is 2.48. The van der Waals surface area contributed by atoms with Gasteiger partial charge in [-0.05, 0) is 85.3 Å². The summed E-state index contributed by atoms with van der Waals surface area (Å²) in [6.45, 7) is 2.27. The normalized spacial score (nSPS) is 22.3. The summed E-state index contributed by atoms with van der Waals surface area (Å²) in [6.07, 6.45) is 13.2. The molecule has 1 fully saturated rings. The fourth-order valence-electron chi connectivity index (χ4n) is 5.59. The standard InChI is InChI=1S/C28H31F3/c1-2-3-4-5-6-19-9-13-24-22(15-19)11-12-23-16-20(10-14-25(23)24)7-8-21-17-26(29)28(31)27(30)18-21/h10,14,16-19,22,24H,2-6,9,11-13,15H2,1H3. The van der Waals surface area contributed by atoms with Crippen molar-refractivity contribution in [1.82, 2.24) is 0 Å². The summed E-state index contributed by atoms with van der Waals surface area (Å²) in [6, 6.07) is 8.24. The van der Waals surface area contributed by atoms with E-state index in [1.807, 2.05) is 6.07 Å². The molecule has 164 valence electrons. The molecule has 0 spiro atoms. The summed E-state index contributed by atoms with van der Waals surface area (Å²) >= 11 is 0. The van der Waals surface area contributed by atoms with Gasteiger partial charge in [0.2, 0.25) is 0 Å². The highest BCUT2D eigenvalue weighted by molar-refractivity contribution is 5.47. The Morgan fingerprint density at radius 2 is 1.65 bits per heavy atom. The van der Waals surface area contributed by atoms with Gasteiger partial charge in [-0.1, -0.05) is 56.9 Å². The van der Waals surface area contributed by atoms with E-state index in [4.69, 9.17) is 0 Å². The molecule has 0 N–H and O–H groups in total. The fraction of sp³-hybridized carbons (Fsp3) is 0.500. The maximum absolute atomic E-state index is 13.4. The van der Waals surface area contributed by atoms with Gasteiger partial charge in [0.05, 0.1) is 0 Å². The lowest BCUT2D eigenvalue weighted by Crippen LogP contribution is -2.28. The van der Waals surface area contributed by atoms with Gasteiger partial charge in [0.15, 0.2) is 17.5 Å². The molecule has 0 radical (unpaired) electrons. The molecule has 2 aliphatic carbocycles. The third kappa shape index (κ3) is 5.17. The van der Waals surface area contributed by atoms with Gasteiger partial charge in [0, 0.05) is 11.1 Å². The number of benzene rings is 2. The Kier molecular flexibility index (Phi) is 7.06. The minimum atomic E-state index is -1.45. The molecule has 2 aromatic carbocycles. The van der Waals surface area contributed by atoms with Gasteiger partial charge in [-0.15, -0.1) is 0 Å². The monoisotopic (exact) mass is 424 g/mol. The molecule has 0 aromatic heterocycles. The molecule has 2 aromatic rings. The zero-order valence-electron chi connectivity index (χ0n) is 18.3. The van der Waals surface area contributed by atoms with Crippen molar-refractivity contribution in [3.8, 4) is 11.8 Å². The van der Waals surface area contributed by atoms with Crippen LogP contribution >= 0.6 is 0 Å². The molecule has 31 heavy (non-hydrogen) atoms. The highest BCUT2D eigenvalue weighted by Gasteiger charge is 2.34. The van der Waals surface area contributed by atoms with Crippen LogP contribution in [0.3, 0.4) is 0 Å². The van der Waals surface area contributed by atoms with Crippen LogP contribution in [-0.2, 0) is 6.42 Å². The van der Waals surface area contributed by atoms with Crippen LogP contribution < -0.4 is 0 Å². The number of unbranched alkanes of at least 4 members (excludes halogenated alkanes) is 3. The van der Waals surface area contributed by atoms with Crippen molar-refractivity contribution in [2.24, 2.45) is 11.8 Å². The van der Waals surface area contributed by atoms with Crippen LogP contribution in [0.4, 0.5) is 13.2 Å². The smallest absolute Gasteiger partial charge is 0.194 e. The summed E-state index contributed by atoms with van der Waals surface area (Å²) in [5, 5.41) is 0. The van der Waals surface area contributed by atoms with E-state index in [0.29, 0.717) is 5.92 Å². The molecule has 0 amide bonds. The minimum absolute atomic E-state index is 0.145. The van der Waals surface area contributed by atoms with Crippen LogP contribution in [-0.4, -0.2) is 0 Å². The van der Waals surface area contributed by atoms with E-state index in [0.717, 1.165) is 36.0 Å². The Labute approximate surface area is 184 Å². The molecule has 1 saturated carbocycles. The molecule has 0 aliphatic heterocycles. The number of halogens is 3. The first-order chi connectivity index (χ1) is 15.0. The minimum Gasteiger partial charge on any atom is -0.204 e. The molecule has 3 atom stereocenters. The quantitative estimate of drug-likeness (QED) is 0.260. The van der Waals surface area contributed by atoms with E-state index in [1.54, 1.807) is 0 Å². The Balaban J connectivity index is 1.43. The van der Waals surface area contributed by atoms with E-state index in [-0.39, 0.29) is 5.56 Å². The van der Waals surface area contributed by atoms with Crippen molar-refractivity contribution in [2.45, 2.75) is 77.0 Å². The summed E-state index contributed by atoms with van der Waals surface area (Å²) in [5.74, 6) is 4.27. The maximum atomic E-state index is 13.4. The van der Waals surface area contributed by atoms with Gasteiger partial charge in [0.25, 0.3) is 0 Å². The first-order valence-electron chi connectivity index (χ1n) is 11.8. The van der Waals surface area contributed by atoms with E-state index in [1.165, 1.54) is 68.9 Å². The number of hydrogen-bond acceptors (Lipinski definition) is 0. The van der Waals surface area contributed by atoms with Crippen LogP contribution in [0.2, 0.25) is 0 Å². The first-order valence-corrected chi connectivity index (χ1v) is 11.8. The van der Waals surface area contributed by atoms with E-state index >= 15 is 0 Å². The second-order valence-corrected chi connectivity index (χ2v) is 9.35. The van der Waals surface area contributed by atoms with Gasteiger partial charge in [-0.3, -0.25) is 0 Å². The molecule has 0 nitrogen and oxygen atoms in total. The zero-order chi connectivity index (χ0) is 21.8.